The molecule has 1 saturated carbocycles. The summed E-state index contributed by atoms with van der Waals surface area (Å²) in [5.41, 5.74) is 3.55. The third-order valence-electron chi connectivity index (χ3n) is 5.04. The van der Waals surface area contributed by atoms with Gasteiger partial charge in [-0.1, -0.05) is 12.1 Å². The predicted octanol–water partition coefficient (Wildman–Crippen LogP) is 3.36. The molecule has 120 valence electrons. The third kappa shape index (κ3) is 2.34. The van der Waals surface area contributed by atoms with Gasteiger partial charge in [0.2, 0.25) is 0 Å². The van der Waals surface area contributed by atoms with Crippen LogP contribution in [0.5, 0.6) is 0 Å². The summed E-state index contributed by atoms with van der Waals surface area (Å²) < 4.78 is 0. The number of aliphatic hydroxyl groups excluding tert-OH is 1. The summed E-state index contributed by atoms with van der Waals surface area (Å²) in [4.78, 5) is 11.3. The summed E-state index contributed by atoms with van der Waals surface area (Å²) in [5.74, 6) is 1.69. The number of aromatic nitrogens is 2. The highest BCUT2D eigenvalue weighted by molar-refractivity contribution is 5.95. The second kappa shape index (κ2) is 5.28. The number of rotatable bonds is 3. The van der Waals surface area contributed by atoms with E-state index in [0.29, 0.717) is 13.1 Å². The van der Waals surface area contributed by atoms with Gasteiger partial charge in [-0.25, -0.2) is 4.98 Å². The molecule has 2 aliphatic rings. The number of β-amino-alcohol motifs (C(OH)–C–C–N with tert-alkyl or cyclic N) is 1. The van der Waals surface area contributed by atoms with Crippen LogP contribution in [-0.4, -0.2) is 34.3 Å². The van der Waals surface area contributed by atoms with E-state index in [9.17, 15) is 5.11 Å². The zero-order chi connectivity index (χ0) is 16.1. The predicted molar refractivity (Wildman–Crippen MR) is 95.2 cm³/mol. The first-order chi connectivity index (χ1) is 11.8. The summed E-state index contributed by atoms with van der Waals surface area (Å²) >= 11 is 0. The molecular formula is C20H19N3O. The van der Waals surface area contributed by atoms with Gasteiger partial charge in [-0.3, -0.25) is 4.98 Å². The van der Waals surface area contributed by atoms with Crippen LogP contribution in [-0.2, 0) is 0 Å². The first kappa shape index (κ1) is 13.9. The van der Waals surface area contributed by atoms with Crippen molar-refractivity contribution in [1.82, 2.24) is 9.97 Å². The van der Waals surface area contributed by atoms with Crippen LogP contribution in [0, 0.1) is 0 Å². The average Bonchev–Trinajstić information content (AvgIpc) is 3.43. The highest BCUT2D eigenvalue weighted by Gasteiger charge is 2.27. The molecular weight excluding hydrogens is 298 g/mol. The molecule has 0 radical (unpaired) electrons. The average molecular weight is 317 g/mol. The fourth-order valence-corrected chi connectivity index (χ4v) is 3.47. The molecule has 4 nitrogen and oxygen atoms in total. The smallest absolute Gasteiger partial charge is 0.136 e. The van der Waals surface area contributed by atoms with Crippen LogP contribution in [0.4, 0.5) is 5.82 Å². The molecule has 1 N–H and O–H groups in total. The highest BCUT2D eigenvalue weighted by Crippen LogP contribution is 2.41. The zero-order valence-corrected chi connectivity index (χ0v) is 13.4. The zero-order valence-electron chi connectivity index (χ0n) is 13.4. The number of anilines is 1. The summed E-state index contributed by atoms with van der Waals surface area (Å²) in [6.07, 6.45) is 6.12. The lowest BCUT2D eigenvalue weighted by atomic mass is 10.0. The summed E-state index contributed by atoms with van der Waals surface area (Å²) in [5, 5.41) is 11.9. The standard InChI is InChI=1S/C20H19N3O/c24-17-11-23(12-17)20-18-9-16(4-3-14(18)5-8-22-20)19-10-15(6-7-21-19)13-1-2-13/h3-10,13,17,24H,1-2,11-12H2. The molecule has 0 amide bonds. The summed E-state index contributed by atoms with van der Waals surface area (Å²) in [7, 11) is 0. The largest absolute Gasteiger partial charge is 0.389 e. The Bertz CT molecular complexity index is 914. The van der Waals surface area contributed by atoms with Gasteiger partial charge in [0.25, 0.3) is 0 Å². The van der Waals surface area contributed by atoms with Crippen molar-refractivity contribution in [3.05, 3.63) is 54.4 Å². The molecule has 0 unspecified atom stereocenters. The molecule has 1 aliphatic heterocycles. The van der Waals surface area contributed by atoms with E-state index in [0.717, 1.165) is 28.4 Å². The van der Waals surface area contributed by atoms with Crippen molar-refractivity contribution >= 4 is 16.6 Å². The molecule has 1 aliphatic carbocycles. The van der Waals surface area contributed by atoms with Gasteiger partial charge in [-0.05, 0) is 54.0 Å². The maximum atomic E-state index is 9.59. The molecule has 0 atom stereocenters. The minimum atomic E-state index is -0.234. The van der Waals surface area contributed by atoms with Gasteiger partial charge in [-0.2, -0.15) is 0 Å². The molecule has 4 heteroatoms. The van der Waals surface area contributed by atoms with Gasteiger partial charge in [-0.15, -0.1) is 0 Å². The number of aliphatic hydroxyl groups is 1. The quantitative estimate of drug-likeness (QED) is 0.805. The van der Waals surface area contributed by atoms with E-state index >= 15 is 0 Å². The Morgan fingerprint density at radius 3 is 2.58 bits per heavy atom. The first-order valence-corrected chi connectivity index (χ1v) is 8.56. The van der Waals surface area contributed by atoms with E-state index in [1.165, 1.54) is 23.8 Å². The maximum Gasteiger partial charge on any atom is 0.136 e. The van der Waals surface area contributed by atoms with Crippen LogP contribution < -0.4 is 4.90 Å². The van der Waals surface area contributed by atoms with Gasteiger partial charge in [0.15, 0.2) is 0 Å². The molecule has 5 rings (SSSR count). The van der Waals surface area contributed by atoms with Crippen molar-refractivity contribution in [1.29, 1.82) is 0 Å². The normalized spacial score (nSPS) is 18.0. The van der Waals surface area contributed by atoms with Crippen molar-refractivity contribution in [3.63, 3.8) is 0 Å². The van der Waals surface area contributed by atoms with E-state index in [-0.39, 0.29) is 6.10 Å². The SMILES string of the molecule is OC1CN(c2nccc3ccc(-c4cc(C5CC5)ccn4)cc23)C1. The van der Waals surface area contributed by atoms with Crippen LogP contribution in [0.25, 0.3) is 22.0 Å². The van der Waals surface area contributed by atoms with Crippen LogP contribution in [0.1, 0.15) is 24.3 Å². The van der Waals surface area contributed by atoms with Crippen molar-refractivity contribution in [2.45, 2.75) is 24.9 Å². The number of hydrogen-bond donors (Lipinski definition) is 1. The topological polar surface area (TPSA) is 49.2 Å². The summed E-state index contributed by atoms with van der Waals surface area (Å²) in [6.45, 7) is 1.32. The Balaban J connectivity index is 1.59. The number of pyridine rings is 2. The molecule has 24 heavy (non-hydrogen) atoms. The van der Waals surface area contributed by atoms with Crippen molar-refractivity contribution in [2.75, 3.05) is 18.0 Å². The minimum absolute atomic E-state index is 0.234. The van der Waals surface area contributed by atoms with Crippen molar-refractivity contribution in [2.24, 2.45) is 0 Å². The Morgan fingerprint density at radius 1 is 0.958 bits per heavy atom. The number of fused-ring (bicyclic) bond motifs is 1. The van der Waals surface area contributed by atoms with E-state index in [4.69, 9.17) is 0 Å². The van der Waals surface area contributed by atoms with Gasteiger partial charge >= 0.3 is 0 Å². The van der Waals surface area contributed by atoms with Crippen molar-refractivity contribution < 1.29 is 5.11 Å². The Morgan fingerprint density at radius 2 is 1.79 bits per heavy atom. The van der Waals surface area contributed by atoms with Gasteiger partial charge in [0.05, 0.1) is 11.8 Å². The van der Waals surface area contributed by atoms with E-state index in [2.05, 4.69) is 45.2 Å². The fourth-order valence-electron chi connectivity index (χ4n) is 3.47. The molecule has 0 spiro atoms. The Kier molecular flexibility index (Phi) is 3.06. The van der Waals surface area contributed by atoms with Crippen molar-refractivity contribution in [3.8, 4) is 11.3 Å². The maximum absolute atomic E-state index is 9.59. The van der Waals surface area contributed by atoms with E-state index < -0.39 is 0 Å². The lowest BCUT2D eigenvalue weighted by Crippen LogP contribution is -2.51. The van der Waals surface area contributed by atoms with E-state index in [1.54, 1.807) is 0 Å². The summed E-state index contributed by atoms with van der Waals surface area (Å²) in [6, 6.07) is 12.8. The lowest BCUT2D eigenvalue weighted by Gasteiger charge is -2.37. The molecule has 3 heterocycles. The minimum Gasteiger partial charge on any atom is -0.389 e. The highest BCUT2D eigenvalue weighted by atomic mass is 16.3. The Hall–Kier alpha value is -2.46. The lowest BCUT2D eigenvalue weighted by molar-refractivity contribution is 0.141. The molecule has 1 aromatic carbocycles. The molecule has 2 aromatic heterocycles. The van der Waals surface area contributed by atoms with E-state index in [1.807, 2.05) is 18.5 Å². The van der Waals surface area contributed by atoms with Gasteiger partial charge in [0.1, 0.15) is 5.82 Å². The van der Waals surface area contributed by atoms with Crippen LogP contribution >= 0.6 is 0 Å². The second-order valence-electron chi connectivity index (χ2n) is 6.88. The second-order valence-corrected chi connectivity index (χ2v) is 6.88. The van der Waals surface area contributed by atoms with Gasteiger partial charge in [0, 0.05) is 36.4 Å². The number of nitrogens with zero attached hydrogens (tertiary/aromatic N) is 3. The molecule has 3 aromatic rings. The molecule has 2 fully saturated rings. The Labute approximate surface area is 140 Å². The van der Waals surface area contributed by atoms with Crippen LogP contribution in [0.2, 0.25) is 0 Å². The molecule has 1 saturated heterocycles. The number of benzene rings is 1. The first-order valence-electron chi connectivity index (χ1n) is 8.56. The fraction of sp³-hybridized carbons (Fsp3) is 0.300. The van der Waals surface area contributed by atoms with Gasteiger partial charge < -0.3 is 10.0 Å². The molecule has 0 bridgehead atoms. The van der Waals surface area contributed by atoms with Crippen LogP contribution in [0.3, 0.4) is 0 Å². The monoisotopic (exact) mass is 317 g/mol. The van der Waals surface area contributed by atoms with Crippen LogP contribution in [0.15, 0.2) is 48.8 Å². The third-order valence-corrected chi connectivity index (χ3v) is 5.04. The number of hydrogen-bond acceptors (Lipinski definition) is 4.